The summed E-state index contributed by atoms with van der Waals surface area (Å²) in [5.74, 6) is -0.659. The Morgan fingerprint density at radius 3 is 2.62 bits per heavy atom. The van der Waals surface area contributed by atoms with Crippen molar-refractivity contribution in [1.82, 2.24) is 20.6 Å². The predicted molar refractivity (Wildman–Crippen MR) is 127 cm³/mol. The molecule has 0 saturated carbocycles. The average Bonchev–Trinajstić information content (AvgIpc) is 2.83. The quantitative estimate of drug-likeness (QED) is 0.451. The number of nitrogens with zero attached hydrogens (tertiary/aromatic N) is 2. The molecule has 1 aromatic heterocycles. The Balaban J connectivity index is 0.00000324. The molecule has 180 valence electrons. The van der Waals surface area contributed by atoms with Crippen molar-refractivity contribution < 1.29 is 18.0 Å². The highest BCUT2D eigenvalue weighted by Gasteiger charge is 2.35. The molecule has 0 bridgehead atoms. The number of carbonyl (C=O) groups is 1. The van der Waals surface area contributed by atoms with Crippen LogP contribution in [0.15, 0.2) is 61.1 Å². The van der Waals surface area contributed by atoms with Crippen molar-refractivity contribution in [3.63, 3.8) is 0 Å². The Morgan fingerprint density at radius 1 is 1.15 bits per heavy atom. The number of aromatic nitrogens is 2. The van der Waals surface area contributed by atoms with Crippen LogP contribution in [0.25, 0.3) is 11.3 Å². The molecule has 2 aromatic carbocycles. The topological polar surface area (TPSA) is 66.9 Å². The first-order valence-corrected chi connectivity index (χ1v) is 11.0. The van der Waals surface area contributed by atoms with Crippen LogP contribution < -0.4 is 10.6 Å². The minimum atomic E-state index is -4.65. The molecule has 2 heterocycles. The molecular weight excluding hydrogens is 488 g/mol. The number of hydrogen-bond acceptors (Lipinski definition) is 4. The fourth-order valence-electron chi connectivity index (χ4n) is 4.06. The highest BCUT2D eigenvalue weighted by atomic mass is 35.5. The van der Waals surface area contributed by atoms with Gasteiger partial charge in [0.05, 0.1) is 34.1 Å². The molecule has 1 unspecified atom stereocenters. The summed E-state index contributed by atoms with van der Waals surface area (Å²) >= 11 is 6.00. The van der Waals surface area contributed by atoms with E-state index in [1.54, 1.807) is 18.6 Å². The number of benzene rings is 2. The van der Waals surface area contributed by atoms with Crippen LogP contribution in [0.3, 0.4) is 0 Å². The van der Waals surface area contributed by atoms with Crippen molar-refractivity contribution in [1.29, 1.82) is 0 Å². The maximum atomic E-state index is 13.3. The molecular formula is C24H23Cl2F3N4O. The molecule has 4 rings (SSSR count). The Labute approximate surface area is 206 Å². The standard InChI is InChI=1S/C24H22ClF3N4O.ClH/c25-21-17(7-4-8-18(21)24(26,27)28)23(33)32-22(19-9-1-2-10-30-19)16-6-3-5-15(13-16)20-14-29-11-12-31-20;/h3-8,11-14,19,22,30H,1-2,9-10H2,(H,32,33);1H/t19?,22-;/m0./s1. The number of halogens is 5. The van der Waals surface area contributed by atoms with Crippen molar-refractivity contribution in [2.45, 2.75) is 37.5 Å². The van der Waals surface area contributed by atoms with Gasteiger partial charge in [0.15, 0.2) is 0 Å². The second-order valence-corrected chi connectivity index (χ2v) is 8.27. The van der Waals surface area contributed by atoms with Crippen LogP contribution >= 0.6 is 24.0 Å². The van der Waals surface area contributed by atoms with E-state index in [2.05, 4.69) is 20.6 Å². The number of amides is 1. The van der Waals surface area contributed by atoms with Crippen LogP contribution in [0.2, 0.25) is 5.02 Å². The molecule has 0 spiro atoms. The minimum absolute atomic E-state index is 0. The molecule has 10 heteroatoms. The lowest BCUT2D eigenvalue weighted by Gasteiger charge is -2.32. The summed E-state index contributed by atoms with van der Waals surface area (Å²) in [5.41, 5.74) is 1.08. The van der Waals surface area contributed by atoms with Crippen LogP contribution in [-0.2, 0) is 6.18 Å². The summed E-state index contributed by atoms with van der Waals surface area (Å²) in [4.78, 5) is 21.5. The highest BCUT2D eigenvalue weighted by molar-refractivity contribution is 6.34. The summed E-state index contributed by atoms with van der Waals surface area (Å²) < 4.78 is 39.8. The largest absolute Gasteiger partial charge is 0.417 e. The van der Waals surface area contributed by atoms with E-state index in [4.69, 9.17) is 11.6 Å². The van der Waals surface area contributed by atoms with E-state index in [1.807, 2.05) is 24.3 Å². The summed E-state index contributed by atoms with van der Waals surface area (Å²) in [6.07, 6.45) is 3.00. The number of alkyl halides is 3. The summed E-state index contributed by atoms with van der Waals surface area (Å²) in [6, 6.07) is 10.4. The lowest BCUT2D eigenvalue weighted by atomic mass is 9.91. The molecule has 34 heavy (non-hydrogen) atoms. The van der Waals surface area contributed by atoms with Gasteiger partial charge in [0, 0.05) is 24.0 Å². The van der Waals surface area contributed by atoms with Gasteiger partial charge in [0.25, 0.3) is 5.91 Å². The Bertz CT molecular complexity index is 1120. The van der Waals surface area contributed by atoms with Gasteiger partial charge in [0.2, 0.25) is 0 Å². The molecule has 1 aliphatic heterocycles. The maximum Gasteiger partial charge on any atom is 0.417 e. The van der Waals surface area contributed by atoms with Gasteiger partial charge in [-0.1, -0.05) is 42.3 Å². The monoisotopic (exact) mass is 510 g/mol. The van der Waals surface area contributed by atoms with Gasteiger partial charge in [-0.15, -0.1) is 12.4 Å². The Hall–Kier alpha value is -2.68. The first-order chi connectivity index (χ1) is 15.8. The van der Waals surface area contributed by atoms with E-state index in [9.17, 15) is 18.0 Å². The van der Waals surface area contributed by atoms with E-state index in [0.717, 1.165) is 43.0 Å². The molecule has 2 N–H and O–H groups in total. The van der Waals surface area contributed by atoms with Crippen molar-refractivity contribution >= 4 is 29.9 Å². The molecule has 1 saturated heterocycles. The highest BCUT2D eigenvalue weighted by Crippen LogP contribution is 2.36. The van der Waals surface area contributed by atoms with Gasteiger partial charge >= 0.3 is 6.18 Å². The normalized spacial score (nSPS) is 16.9. The molecule has 2 atom stereocenters. The zero-order valence-electron chi connectivity index (χ0n) is 18.0. The van der Waals surface area contributed by atoms with E-state index in [-0.39, 0.29) is 24.0 Å². The number of carbonyl (C=O) groups excluding carboxylic acids is 1. The van der Waals surface area contributed by atoms with Gasteiger partial charge in [0.1, 0.15) is 0 Å². The number of nitrogens with one attached hydrogen (secondary N) is 2. The first kappa shape index (κ1) is 25.9. The minimum Gasteiger partial charge on any atom is -0.344 e. The predicted octanol–water partition coefficient (Wildman–Crippen LogP) is 5.85. The smallest absolute Gasteiger partial charge is 0.344 e. The SMILES string of the molecule is Cl.O=C(N[C@@H](c1cccc(-c2cnccn2)c1)C1CCCCN1)c1cccc(C(F)(F)F)c1Cl. The maximum absolute atomic E-state index is 13.3. The van der Waals surface area contributed by atoms with Crippen LogP contribution in [0.1, 0.15) is 46.8 Å². The third kappa shape index (κ3) is 5.87. The van der Waals surface area contributed by atoms with Gasteiger partial charge < -0.3 is 10.6 Å². The summed E-state index contributed by atoms with van der Waals surface area (Å²) in [7, 11) is 0. The lowest BCUT2D eigenvalue weighted by molar-refractivity contribution is -0.137. The number of piperidine rings is 1. The van der Waals surface area contributed by atoms with E-state index >= 15 is 0 Å². The van der Waals surface area contributed by atoms with Crippen molar-refractivity contribution in [2.24, 2.45) is 0 Å². The zero-order chi connectivity index (χ0) is 23.4. The van der Waals surface area contributed by atoms with Crippen molar-refractivity contribution in [2.75, 3.05) is 6.54 Å². The molecule has 1 aliphatic rings. The second kappa shape index (κ2) is 11.2. The fraction of sp³-hybridized carbons (Fsp3) is 0.292. The molecule has 1 amide bonds. The van der Waals surface area contributed by atoms with Crippen LogP contribution in [0, 0.1) is 0 Å². The van der Waals surface area contributed by atoms with Crippen molar-refractivity contribution in [3.8, 4) is 11.3 Å². The van der Waals surface area contributed by atoms with E-state index in [1.165, 1.54) is 12.1 Å². The summed E-state index contributed by atoms with van der Waals surface area (Å²) in [5, 5.41) is 5.75. The van der Waals surface area contributed by atoms with Gasteiger partial charge in [-0.25, -0.2) is 0 Å². The second-order valence-electron chi connectivity index (χ2n) is 7.89. The van der Waals surface area contributed by atoms with Gasteiger partial charge in [-0.3, -0.25) is 14.8 Å². The Morgan fingerprint density at radius 2 is 1.94 bits per heavy atom. The van der Waals surface area contributed by atoms with Gasteiger partial charge in [-0.2, -0.15) is 13.2 Å². The summed E-state index contributed by atoms with van der Waals surface area (Å²) in [6.45, 7) is 0.797. The molecule has 3 aromatic rings. The first-order valence-electron chi connectivity index (χ1n) is 10.6. The van der Waals surface area contributed by atoms with Crippen LogP contribution in [0.4, 0.5) is 13.2 Å². The Kier molecular flexibility index (Phi) is 8.52. The number of rotatable bonds is 5. The number of hydrogen-bond donors (Lipinski definition) is 2. The third-order valence-corrected chi connectivity index (χ3v) is 6.10. The zero-order valence-corrected chi connectivity index (χ0v) is 19.6. The third-order valence-electron chi connectivity index (χ3n) is 5.69. The molecule has 0 aliphatic carbocycles. The van der Waals surface area contributed by atoms with E-state index in [0.29, 0.717) is 5.69 Å². The van der Waals surface area contributed by atoms with Crippen LogP contribution in [0.5, 0.6) is 0 Å². The molecule has 1 fully saturated rings. The fourth-order valence-corrected chi connectivity index (χ4v) is 4.38. The average molecular weight is 511 g/mol. The van der Waals surface area contributed by atoms with Crippen molar-refractivity contribution in [3.05, 3.63) is 82.8 Å². The molecule has 0 radical (unpaired) electrons. The van der Waals surface area contributed by atoms with E-state index < -0.39 is 28.7 Å². The van der Waals surface area contributed by atoms with Crippen LogP contribution in [-0.4, -0.2) is 28.5 Å². The molecule has 5 nitrogen and oxygen atoms in total. The lowest BCUT2D eigenvalue weighted by Crippen LogP contribution is -2.46. The van der Waals surface area contributed by atoms with Gasteiger partial charge in [-0.05, 0) is 43.1 Å².